The normalized spacial score (nSPS) is 31.5. The molecule has 0 spiro atoms. The lowest BCUT2D eigenvalue weighted by Crippen LogP contribution is -2.49. The van der Waals surface area contributed by atoms with Gasteiger partial charge in [0.05, 0.1) is 5.41 Å². The summed E-state index contributed by atoms with van der Waals surface area (Å²) in [4.78, 5) is 15.1. The third kappa shape index (κ3) is 4.44. The van der Waals surface area contributed by atoms with E-state index in [9.17, 15) is 4.79 Å². The number of hydrogen-bond donors (Lipinski definition) is 2. The van der Waals surface area contributed by atoms with Gasteiger partial charge < -0.3 is 10.6 Å². The molecule has 3 fully saturated rings. The van der Waals surface area contributed by atoms with Crippen molar-refractivity contribution in [3.63, 3.8) is 0 Å². The van der Waals surface area contributed by atoms with E-state index in [-0.39, 0.29) is 30.2 Å². The van der Waals surface area contributed by atoms with Crippen molar-refractivity contribution in [2.45, 2.75) is 25.7 Å². The SMILES string of the molecule is Cl.Cl.O=C(NCCN1CCSCC1)[C@@]12CCCC[C@H]1CNC2. The zero-order valence-electron chi connectivity index (χ0n) is 13.1. The summed E-state index contributed by atoms with van der Waals surface area (Å²) >= 11 is 2.04. The summed E-state index contributed by atoms with van der Waals surface area (Å²) in [6.07, 6.45) is 4.82. The number of nitrogens with zero attached hydrogens (tertiary/aromatic N) is 1. The van der Waals surface area contributed by atoms with Gasteiger partial charge in [0.1, 0.15) is 0 Å². The molecule has 2 aliphatic heterocycles. The van der Waals surface area contributed by atoms with Crippen LogP contribution in [0.4, 0.5) is 0 Å². The second-order valence-electron chi connectivity index (χ2n) is 6.44. The molecule has 0 bridgehead atoms. The van der Waals surface area contributed by atoms with Crippen molar-refractivity contribution in [3.8, 4) is 0 Å². The van der Waals surface area contributed by atoms with E-state index in [4.69, 9.17) is 0 Å². The van der Waals surface area contributed by atoms with E-state index >= 15 is 0 Å². The van der Waals surface area contributed by atoms with Crippen molar-refractivity contribution in [1.82, 2.24) is 15.5 Å². The standard InChI is InChI=1S/C15H27N3OS.2ClH/c19-14(17-5-6-18-7-9-20-10-8-18)15-4-2-1-3-13(15)11-16-12-15;;/h13,16H,1-12H2,(H,17,19);2*1H/t13-,15+;;/m0../s1. The molecule has 0 unspecified atom stereocenters. The number of carbonyl (C=O) groups excluding carboxylic acids is 1. The predicted octanol–water partition coefficient (Wildman–Crippen LogP) is 1.77. The molecule has 2 heterocycles. The highest BCUT2D eigenvalue weighted by Gasteiger charge is 2.49. The van der Waals surface area contributed by atoms with Gasteiger partial charge in [-0.1, -0.05) is 12.8 Å². The highest BCUT2D eigenvalue weighted by molar-refractivity contribution is 7.99. The number of fused-ring (bicyclic) bond motifs is 1. The third-order valence-electron chi connectivity index (χ3n) is 5.31. The number of hydrogen-bond acceptors (Lipinski definition) is 4. The van der Waals surface area contributed by atoms with E-state index in [0.29, 0.717) is 11.8 Å². The van der Waals surface area contributed by atoms with Crippen molar-refractivity contribution < 1.29 is 4.79 Å². The lowest BCUT2D eigenvalue weighted by atomic mass is 9.67. The van der Waals surface area contributed by atoms with Gasteiger partial charge in [-0.2, -0.15) is 11.8 Å². The smallest absolute Gasteiger partial charge is 0.227 e. The monoisotopic (exact) mass is 369 g/mol. The summed E-state index contributed by atoms with van der Waals surface area (Å²) in [6, 6.07) is 0. The van der Waals surface area contributed by atoms with Crippen LogP contribution < -0.4 is 10.6 Å². The fourth-order valence-corrected chi connectivity index (χ4v) is 5.00. The van der Waals surface area contributed by atoms with Gasteiger partial charge in [0, 0.05) is 44.2 Å². The van der Waals surface area contributed by atoms with Crippen molar-refractivity contribution in [2.24, 2.45) is 11.3 Å². The van der Waals surface area contributed by atoms with Crippen molar-refractivity contribution >= 4 is 42.5 Å². The maximum absolute atomic E-state index is 12.7. The van der Waals surface area contributed by atoms with Crippen molar-refractivity contribution in [1.29, 1.82) is 0 Å². The number of rotatable bonds is 4. The molecule has 4 nitrogen and oxygen atoms in total. The van der Waals surface area contributed by atoms with E-state index in [1.54, 1.807) is 0 Å². The Kier molecular flexibility index (Phi) is 8.86. The molecule has 3 rings (SSSR count). The minimum atomic E-state index is -0.0873. The molecule has 130 valence electrons. The Labute approximate surface area is 150 Å². The summed E-state index contributed by atoms with van der Waals surface area (Å²) in [6.45, 7) is 6.12. The van der Waals surface area contributed by atoms with E-state index < -0.39 is 0 Å². The fraction of sp³-hybridized carbons (Fsp3) is 0.933. The highest BCUT2D eigenvalue weighted by atomic mass is 35.5. The zero-order valence-corrected chi connectivity index (χ0v) is 15.6. The molecule has 0 radical (unpaired) electrons. The molecule has 22 heavy (non-hydrogen) atoms. The first-order valence-corrected chi connectivity index (χ1v) is 9.26. The van der Waals surface area contributed by atoms with Crippen LogP contribution in [-0.4, -0.2) is 61.6 Å². The second kappa shape index (κ2) is 9.58. The van der Waals surface area contributed by atoms with Crippen LogP contribution >= 0.6 is 36.6 Å². The molecule has 0 aromatic carbocycles. The lowest BCUT2D eigenvalue weighted by Gasteiger charge is -2.37. The van der Waals surface area contributed by atoms with Crippen molar-refractivity contribution in [3.05, 3.63) is 0 Å². The Morgan fingerprint density at radius 2 is 2.05 bits per heavy atom. The summed E-state index contributed by atoms with van der Waals surface area (Å²) < 4.78 is 0. The Bertz CT molecular complexity index is 356. The number of amides is 1. The summed E-state index contributed by atoms with van der Waals surface area (Å²) in [5, 5.41) is 6.69. The summed E-state index contributed by atoms with van der Waals surface area (Å²) in [7, 11) is 0. The van der Waals surface area contributed by atoms with Crippen molar-refractivity contribution in [2.75, 3.05) is 50.8 Å². The fourth-order valence-electron chi connectivity index (χ4n) is 4.02. The maximum atomic E-state index is 12.7. The molecule has 2 saturated heterocycles. The molecule has 0 aromatic heterocycles. The van der Waals surface area contributed by atoms with Crippen LogP contribution in [0.1, 0.15) is 25.7 Å². The first-order valence-electron chi connectivity index (χ1n) is 8.10. The molecule has 2 N–H and O–H groups in total. The van der Waals surface area contributed by atoms with Gasteiger partial charge >= 0.3 is 0 Å². The molecular weight excluding hydrogens is 341 g/mol. The third-order valence-corrected chi connectivity index (χ3v) is 6.25. The molecule has 0 aromatic rings. The number of thioether (sulfide) groups is 1. The molecule has 1 saturated carbocycles. The van der Waals surface area contributed by atoms with Gasteiger partial charge in [-0.05, 0) is 25.3 Å². The Hall–Kier alpha value is 0.320. The van der Waals surface area contributed by atoms with Gasteiger partial charge in [-0.15, -0.1) is 24.8 Å². The molecule has 1 amide bonds. The number of nitrogens with one attached hydrogen (secondary N) is 2. The van der Waals surface area contributed by atoms with Crippen LogP contribution in [0.25, 0.3) is 0 Å². The maximum Gasteiger partial charge on any atom is 0.227 e. The van der Waals surface area contributed by atoms with Crippen LogP contribution in [0.5, 0.6) is 0 Å². The van der Waals surface area contributed by atoms with E-state index in [0.717, 1.165) is 32.6 Å². The topological polar surface area (TPSA) is 44.4 Å². The quantitative estimate of drug-likeness (QED) is 0.792. The zero-order chi connectivity index (χ0) is 13.8. The highest BCUT2D eigenvalue weighted by Crippen LogP contribution is 2.43. The minimum Gasteiger partial charge on any atom is -0.354 e. The molecular formula is C15H29Cl2N3OS. The lowest BCUT2D eigenvalue weighted by molar-refractivity contribution is -0.134. The van der Waals surface area contributed by atoms with Gasteiger partial charge in [0.2, 0.25) is 5.91 Å². The van der Waals surface area contributed by atoms with Gasteiger partial charge in [0.15, 0.2) is 0 Å². The van der Waals surface area contributed by atoms with Gasteiger partial charge in [0.25, 0.3) is 0 Å². The second-order valence-corrected chi connectivity index (χ2v) is 7.66. The first-order chi connectivity index (χ1) is 9.81. The van der Waals surface area contributed by atoms with Gasteiger partial charge in [-0.3, -0.25) is 9.69 Å². The van der Waals surface area contributed by atoms with Gasteiger partial charge in [-0.25, -0.2) is 0 Å². The summed E-state index contributed by atoms with van der Waals surface area (Å²) in [5.74, 6) is 3.37. The summed E-state index contributed by atoms with van der Waals surface area (Å²) in [5.41, 5.74) is -0.0873. The van der Waals surface area contributed by atoms with Crippen LogP contribution in [0.2, 0.25) is 0 Å². The Balaban J connectivity index is 0.00000121. The molecule has 7 heteroatoms. The average Bonchev–Trinajstić information content (AvgIpc) is 2.93. The largest absolute Gasteiger partial charge is 0.354 e. The first kappa shape index (κ1) is 20.4. The van der Waals surface area contributed by atoms with Crippen LogP contribution in [-0.2, 0) is 4.79 Å². The Morgan fingerprint density at radius 3 is 2.82 bits per heavy atom. The average molecular weight is 370 g/mol. The molecule has 1 aliphatic carbocycles. The van der Waals surface area contributed by atoms with Crippen LogP contribution in [0.3, 0.4) is 0 Å². The van der Waals surface area contributed by atoms with Crippen LogP contribution in [0, 0.1) is 11.3 Å². The van der Waals surface area contributed by atoms with E-state index in [1.807, 2.05) is 11.8 Å². The van der Waals surface area contributed by atoms with Crippen LogP contribution in [0.15, 0.2) is 0 Å². The van der Waals surface area contributed by atoms with E-state index in [2.05, 4.69) is 15.5 Å². The molecule has 3 aliphatic rings. The minimum absolute atomic E-state index is 0. The predicted molar refractivity (Wildman–Crippen MR) is 98.5 cm³/mol. The molecule has 2 atom stereocenters. The Morgan fingerprint density at radius 1 is 1.27 bits per heavy atom. The number of carbonyl (C=O) groups is 1. The van der Waals surface area contributed by atoms with E-state index in [1.165, 1.54) is 43.9 Å². The number of halogens is 2.